The second-order valence-corrected chi connectivity index (χ2v) is 9.47. The standard InChI is InChI=1S/C26H31N3O2S/c1-29-16-15-27-26(29)32-18-19-11-13-22(14-12-19)24(21-9-5-6-10-21)25(31)28-23(17-30)20-7-3-2-4-8-20/h2-4,7-8,11-16,21,23-24,30H,5-6,9-10,17-18H2,1H3,(H,28,31)/t23-,24?/m0/s1. The van der Waals surface area contributed by atoms with Crippen LogP contribution in [0, 0.1) is 5.92 Å². The Labute approximate surface area is 194 Å². The third kappa shape index (κ3) is 5.43. The zero-order valence-corrected chi connectivity index (χ0v) is 19.3. The number of aliphatic hydroxyl groups excluding tert-OH is 1. The van der Waals surface area contributed by atoms with Crippen LogP contribution in [0.5, 0.6) is 0 Å². The molecule has 0 radical (unpaired) electrons. The van der Waals surface area contributed by atoms with Gasteiger partial charge in [-0.05, 0) is 35.4 Å². The Morgan fingerprint density at radius 2 is 1.84 bits per heavy atom. The molecule has 1 aromatic heterocycles. The van der Waals surface area contributed by atoms with Crippen molar-refractivity contribution in [2.24, 2.45) is 13.0 Å². The van der Waals surface area contributed by atoms with Gasteiger partial charge in [0.05, 0.1) is 18.6 Å². The normalized spacial score (nSPS) is 16.1. The minimum Gasteiger partial charge on any atom is -0.394 e. The number of carbonyl (C=O) groups is 1. The predicted molar refractivity (Wildman–Crippen MR) is 128 cm³/mol. The summed E-state index contributed by atoms with van der Waals surface area (Å²) in [6, 6.07) is 17.8. The lowest BCUT2D eigenvalue weighted by molar-refractivity contribution is -0.124. The minimum atomic E-state index is -0.388. The van der Waals surface area contributed by atoms with Gasteiger partial charge in [0.15, 0.2) is 5.16 Å². The van der Waals surface area contributed by atoms with E-state index in [0.29, 0.717) is 5.92 Å². The van der Waals surface area contributed by atoms with Gasteiger partial charge in [0.25, 0.3) is 0 Å². The van der Waals surface area contributed by atoms with Crippen LogP contribution in [0.25, 0.3) is 0 Å². The van der Waals surface area contributed by atoms with Crippen LogP contribution in [-0.2, 0) is 17.6 Å². The summed E-state index contributed by atoms with van der Waals surface area (Å²) in [7, 11) is 2.00. The average molecular weight is 450 g/mol. The van der Waals surface area contributed by atoms with Gasteiger partial charge in [-0.25, -0.2) is 4.98 Å². The first kappa shape index (κ1) is 22.6. The van der Waals surface area contributed by atoms with E-state index < -0.39 is 0 Å². The maximum absolute atomic E-state index is 13.4. The number of nitrogens with one attached hydrogen (secondary N) is 1. The predicted octanol–water partition coefficient (Wildman–Crippen LogP) is 4.84. The number of rotatable bonds is 9. The van der Waals surface area contributed by atoms with E-state index in [-0.39, 0.29) is 24.5 Å². The minimum absolute atomic E-state index is 0.00920. The van der Waals surface area contributed by atoms with Crippen molar-refractivity contribution in [2.75, 3.05) is 6.61 Å². The first-order chi connectivity index (χ1) is 15.7. The van der Waals surface area contributed by atoms with Gasteiger partial charge in [0.2, 0.25) is 5.91 Å². The number of imidazole rings is 1. The SMILES string of the molecule is Cn1ccnc1SCc1ccc(C(C(=O)N[C@@H](CO)c2ccccc2)C2CCCC2)cc1. The molecular formula is C26H31N3O2S. The third-order valence-corrected chi connectivity index (χ3v) is 7.47. The van der Waals surface area contributed by atoms with Crippen molar-refractivity contribution in [2.45, 2.75) is 48.6 Å². The Kier molecular flexibility index (Phi) is 7.66. The summed E-state index contributed by atoms with van der Waals surface area (Å²) in [6.07, 6.45) is 8.26. The van der Waals surface area contributed by atoms with E-state index in [4.69, 9.17) is 0 Å². The number of benzene rings is 2. The Bertz CT molecular complexity index is 997. The summed E-state index contributed by atoms with van der Waals surface area (Å²) in [5.74, 6) is 1.01. The van der Waals surface area contributed by atoms with Crippen LogP contribution in [-0.4, -0.2) is 27.2 Å². The lowest BCUT2D eigenvalue weighted by Gasteiger charge is -2.26. The van der Waals surface area contributed by atoms with E-state index in [1.54, 1.807) is 11.8 Å². The fourth-order valence-electron chi connectivity index (χ4n) is 4.57. The lowest BCUT2D eigenvalue weighted by Crippen LogP contribution is -2.37. The van der Waals surface area contributed by atoms with Gasteiger partial charge in [-0.2, -0.15) is 0 Å². The number of aliphatic hydroxyl groups is 1. The summed E-state index contributed by atoms with van der Waals surface area (Å²) >= 11 is 1.71. The molecule has 0 aliphatic heterocycles. The number of aromatic nitrogens is 2. The number of nitrogens with zero attached hydrogens (tertiary/aromatic N) is 2. The average Bonchev–Trinajstić information content (AvgIpc) is 3.50. The third-order valence-electron chi connectivity index (χ3n) is 6.34. The van der Waals surface area contributed by atoms with Gasteiger partial charge < -0.3 is 15.0 Å². The molecule has 1 aliphatic carbocycles. The maximum atomic E-state index is 13.4. The quantitative estimate of drug-likeness (QED) is 0.459. The van der Waals surface area contributed by atoms with Gasteiger partial charge in [-0.3, -0.25) is 4.79 Å². The molecule has 0 saturated heterocycles. The molecule has 1 heterocycles. The van der Waals surface area contributed by atoms with Crippen LogP contribution in [0.15, 0.2) is 72.1 Å². The highest BCUT2D eigenvalue weighted by Crippen LogP contribution is 2.38. The van der Waals surface area contributed by atoms with Crippen molar-refractivity contribution in [3.8, 4) is 0 Å². The van der Waals surface area contributed by atoms with E-state index in [0.717, 1.165) is 34.9 Å². The number of carbonyl (C=O) groups excluding carboxylic acids is 1. The summed E-state index contributed by atoms with van der Waals surface area (Å²) in [5.41, 5.74) is 3.20. The maximum Gasteiger partial charge on any atom is 0.228 e. The molecule has 2 N–H and O–H groups in total. The van der Waals surface area contributed by atoms with E-state index >= 15 is 0 Å². The van der Waals surface area contributed by atoms with Crippen molar-refractivity contribution in [3.05, 3.63) is 83.7 Å². The van der Waals surface area contributed by atoms with Crippen molar-refractivity contribution in [1.29, 1.82) is 0 Å². The fraction of sp³-hybridized carbons (Fsp3) is 0.385. The fourth-order valence-corrected chi connectivity index (χ4v) is 5.46. The van der Waals surface area contributed by atoms with Crippen molar-refractivity contribution >= 4 is 17.7 Å². The number of amides is 1. The summed E-state index contributed by atoms with van der Waals surface area (Å²) in [5, 5.41) is 14.0. The van der Waals surface area contributed by atoms with Gasteiger partial charge in [-0.1, -0.05) is 79.2 Å². The van der Waals surface area contributed by atoms with E-state index in [1.807, 2.05) is 54.3 Å². The Balaban J connectivity index is 1.48. The molecule has 0 bridgehead atoms. The number of hydrogen-bond donors (Lipinski definition) is 2. The van der Waals surface area contributed by atoms with Crippen molar-refractivity contribution in [1.82, 2.24) is 14.9 Å². The first-order valence-corrected chi connectivity index (χ1v) is 12.3. The second kappa shape index (κ2) is 10.8. The van der Waals surface area contributed by atoms with Gasteiger partial charge in [-0.15, -0.1) is 0 Å². The molecule has 0 spiro atoms. The Hall–Kier alpha value is -2.57. The van der Waals surface area contributed by atoms with Crippen LogP contribution in [0.4, 0.5) is 0 Å². The molecule has 2 aromatic carbocycles. The summed E-state index contributed by atoms with van der Waals surface area (Å²) in [4.78, 5) is 17.8. The molecule has 5 nitrogen and oxygen atoms in total. The van der Waals surface area contributed by atoms with Crippen LogP contribution >= 0.6 is 11.8 Å². The van der Waals surface area contributed by atoms with E-state index in [9.17, 15) is 9.90 Å². The zero-order valence-electron chi connectivity index (χ0n) is 18.5. The number of thioether (sulfide) groups is 1. The van der Waals surface area contributed by atoms with Gasteiger partial charge in [0.1, 0.15) is 0 Å². The molecule has 6 heteroatoms. The Morgan fingerprint density at radius 3 is 2.47 bits per heavy atom. The second-order valence-electron chi connectivity index (χ2n) is 8.53. The monoisotopic (exact) mass is 449 g/mol. The molecule has 3 aromatic rings. The molecule has 1 amide bonds. The topological polar surface area (TPSA) is 67.2 Å². The van der Waals surface area contributed by atoms with E-state index in [2.05, 4.69) is 34.6 Å². The molecule has 32 heavy (non-hydrogen) atoms. The van der Waals surface area contributed by atoms with Crippen molar-refractivity contribution < 1.29 is 9.90 Å². The van der Waals surface area contributed by atoms with Crippen LogP contribution in [0.3, 0.4) is 0 Å². The van der Waals surface area contributed by atoms with Gasteiger partial charge in [0, 0.05) is 25.2 Å². The highest BCUT2D eigenvalue weighted by Gasteiger charge is 2.33. The molecule has 168 valence electrons. The van der Waals surface area contributed by atoms with Crippen LogP contribution < -0.4 is 5.32 Å². The molecule has 1 aliphatic rings. The zero-order chi connectivity index (χ0) is 22.3. The number of hydrogen-bond acceptors (Lipinski definition) is 4. The molecule has 1 fully saturated rings. The molecule has 2 atom stereocenters. The molecule has 4 rings (SSSR count). The largest absolute Gasteiger partial charge is 0.394 e. The summed E-state index contributed by atoms with van der Waals surface area (Å²) in [6.45, 7) is -0.115. The van der Waals surface area contributed by atoms with Gasteiger partial charge >= 0.3 is 0 Å². The van der Waals surface area contributed by atoms with Crippen LogP contribution in [0.2, 0.25) is 0 Å². The van der Waals surface area contributed by atoms with Crippen molar-refractivity contribution in [3.63, 3.8) is 0 Å². The smallest absolute Gasteiger partial charge is 0.228 e. The lowest BCUT2D eigenvalue weighted by atomic mass is 9.83. The highest BCUT2D eigenvalue weighted by molar-refractivity contribution is 7.98. The van der Waals surface area contributed by atoms with E-state index in [1.165, 1.54) is 18.4 Å². The Morgan fingerprint density at radius 1 is 1.12 bits per heavy atom. The molecule has 1 saturated carbocycles. The molecular weight excluding hydrogens is 418 g/mol. The number of aryl methyl sites for hydroxylation is 1. The molecule has 1 unspecified atom stereocenters. The van der Waals surface area contributed by atoms with Crippen LogP contribution in [0.1, 0.15) is 54.3 Å². The first-order valence-electron chi connectivity index (χ1n) is 11.3. The summed E-state index contributed by atoms with van der Waals surface area (Å²) < 4.78 is 2.02. The highest BCUT2D eigenvalue weighted by atomic mass is 32.2.